The Morgan fingerprint density at radius 3 is 2.12 bits per heavy atom. The van der Waals surface area contributed by atoms with E-state index in [4.69, 9.17) is 22.5 Å². The summed E-state index contributed by atoms with van der Waals surface area (Å²) in [6.45, 7) is 2.00. The zero-order chi connectivity index (χ0) is 6.62. The Bertz CT molecular complexity index is 98.2. The zero-order valence-corrected chi connectivity index (χ0v) is 7.14. The van der Waals surface area contributed by atoms with E-state index in [1.807, 2.05) is 6.92 Å². The van der Waals surface area contributed by atoms with Crippen LogP contribution in [0.25, 0.3) is 0 Å². The van der Waals surface area contributed by atoms with Crippen molar-refractivity contribution in [3.63, 3.8) is 0 Å². The van der Waals surface area contributed by atoms with Gasteiger partial charge in [-0.1, -0.05) is 13.3 Å². The van der Waals surface area contributed by atoms with Crippen molar-refractivity contribution in [2.45, 2.75) is 19.8 Å². The van der Waals surface area contributed by atoms with Crippen LogP contribution in [0.15, 0.2) is 0 Å². The number of hydrogen-bond donors (Lipinski definition) is 0. The van der Waals surface area contributed by atoms with Crippen molar-refractivity contribution >= 4 is 28.3 Å². The van der Waals surface area contributed by atoms with Crippen molar-refractivity contribution in [3.05, 3.63) is 0 Å². The number of rotatable bonds is 3. The van der Waals surface area contributed by atoms with E-state index < -0.39 is 5.85 Å². The lowest BCUT2D eigenvalue weighted by molar-refractivity contribution is 0.590. The molecule has 8 heavy (non-hydrogen) atoms. The fraction of sp³-hybridized carbons (Fsp3) is 1.00. The first kappa shape index (κ1) is 8.81. The third-order valence-corrected chi connectivity index (χ3v) is 2.62. The SMILES string of the molecule is CCCCP(=O)(Cl)Cl. The maximum Gasteiger partial charge on any atom is 0.253 e. The van der Waals surface area contributed by atoms with Gasteiger partial charge < -0.3 is 0 Å². The van der Waals surface area contributed by atoms with Gasteiger partial charge in [-0.25, -0.2) is 0 Å². The zero-order valence-electron chi connectivity index (χ0n) is 4.73. The smallest absolute Gasteiger partial charge is 0.253 e. The lowest BCUT2D eigenvalue weighted by atomic mass is 10.4. The van der Waals surface area contributed by atoms with Crippen molar-refractivity contribution < 1.29 is 4.57 Å². The molecule has 0 unspecified atom stereocenters. The van der Waals surface area contributed by atoms with Crippen LogP contribution in [0.2, 0.25) is 0 Å². The minimum absolute atomic E-state index is 0.451. The molecule has 0 atom stereocenters. The lowest BCUT2D eigenvalue weighted by Gasteiger charge is -1.96. The molecule has 1 nitrogen and oxygen atoms in total. The Morgan fingerprint density at radius 1 is 1.50 bits per heavy atom. The third-order valence-electron chi connectivity index (χ3n) is 0.772. The second-order valence-corrected chi connectivity index (χ2v) is 7.03. The molecule has 50 valence electrons. The van der Waals surface area contributed by atoms with Crippen molar-refractivity contribution in [2.75, 3.05) is 6.16 Å². The quantitative estimate of drug-likeness (QED) is 0.600. The van der Waals surface area contributed by atoms with Gasteiger partial charge in [0.15, 0.2) is 0 Å². The average molecular weight is 175 g/mol. The molecule has 0 aliphatic rings. The molecule has 4 heteroatoms. The molecular weight excluding hydrogens is 166 g/mol. The molecular formula is C4H9Cl2OP. The monoisotopic (exact) mass is 174 g/mol. The van der Waals surface area contributed by atoms with Crippen LogP contribution < -0.4 is 0 Å². The first-order valence-electron chi connectivity index (χ1n) is 2.54. The summed E-state index contributed by atoms with van der Waals surface area (Å²) in [5.41, 5.74) is 0. The van der Waals surface area contributed by atoms with Crippen LogP contribution in [-0.2, 0) is 4.57 Å². The molecule has 0 N–H and O–H groups in total. The molecule has 0 fully saturated rings. The molecule has 0 rings (SSSR count). The number of unbranched alkanes of at least 4 members (excludes halogenated alkanes) is 1. The minimum atomic E-state index is -2.74. The molecule has 0 spiro atoms. The fourth-order valence-corrected chi connectivity index (χ4v) is 1.74. The number of halogens is 2. The van der Waals surface area contributed by atoms with Gasteiger partial charge in [-0.05, 0) is 28.9 Å². The van der Waals surface area contributed by atoms with Gasteiger partial charge >= 0.3 is 0 Å². The van der Waals surface area contributed by atoms with Gasteiger partial charge in [0.2, 0.25) is 0 Å². The van der Waals surface area contributed by atoms with Crippen molar-refractivity contribution in [3.8, 4) is 0 Å². The highest BCUT2D eigenvalue weighted by Gasteiger charge is 2.10. The molecule has 0 aliphatic carbocycles. The summed E-state index contributed by atoms with van der Waals surface area (Å²) in [5, 5.41) is 0. The van der Waals surface area contributed by atoms with E-state index in [0.717, 1.165) is 12.8 Å². The topological polar surface area (TPSA) is 17.1 Å². The van der Waals surface area contributed by atoms with Crippen LogP contribution in [0.5, 0.6) is 0 Å². The summed E-state index contributed by atoms with van der Waals surface area (Å²) in [4.78, 5) is 0. The Balaban J connectivity index is 3.26. The molecule has 0 saturated heterocycles. The van der Waals surface area contributed by atoms with Crippen molar-refractivity contribution in [2.24, 2.45) is 0 Å². The standard InChI is InChI=1S/C4H9Cl2OP/c1-2-3-4-8(5,6)7/h2-4H2,1H3. The van der Waals surface area contributed by atoms with E-state index in [1.54, 1.807) is 0 Å². The molecule has 0 radical (unpaired) electrons. The van der Waals surface area contributed by atoms with Gasteiger partial charge in [0.05, 0.1) is 0 Å². The third kappa shape index (κ3) is 6.81. The normalized spacial score (nSPS) is 11.9. The van der Waals surface area contributed by atoms with E-state index in [2.05, 4.69) is 0 Å². The molecule has 0 aromatic carbocycles. The predicted octanol–water partition coefficient (Wildman–Crippen LogP) is 3.46. The second kappa shape index (κ2) is 3.76. The molecule has 0 saturated carbocycles. The summed E-state index contributed by atoms with van der Waals surface area (Å²) < 4.78 is 10.5. The fourth-order valence-electron chi connectivity index (χ4n) is 0.342. The van der Waals surface area contributed by atoms with E-state index in [1.165, 1.54) is 0 Å². The van der Waals surface area contributed by atoms with Gasteiger partial charge in [-0.15, -0.1) is 0 Å². The summed E-state index contributed by atoms with van der Waals surface area (Å²) in [5.74, 6) is -2.74. The Hall–Kier alpha value is 0.810. The molecule has 0 amide bonds. The van der Waals surface area contributed by atoms with E-state index in [0.29, 0.717) is 6.16 Å². The van der Waals surface area contributed by atoms with E-state index >= 15 is 0 Å². The molecule has 0 aliphatic heterocycles. The van der Waals surface area contributed by atoms with E-state index in [-0.39, 0.29) is 0 Å². The highest BCUT2D eigenvalue weighted by molar-refractivity contribution is 8.08. The molecule has 0 aromatic rings. The summed E-state index contributed by atoms with van der Waals surface area (Å²) >= 11 is 10.5. The summed E-state index contributed by atoms with van der Waals surface area (Å²) in [6, 6.07) is 0. The van der Waals surface area contributed by atoms with E-state index in [9.17, 15) is 4.57 Å². The Labute approximate surface area is 59.3 Å². The largest absolute Gasteiger partial charge is 0.289 e. The molecule has 0 bridgehead atoms. The van der Waals surface area contributed by atoms with Crippen LogP contribution in [0.4, 0.5) is 0 Å². The average Bonchev–Trinajstić information content (AvgIpc) is 1.59. The lowest BCUT2D eigenvalue weighted by Crippen LogP contribution is -1.74. The maximum absolute atomic E-state index is 10.5. The number of hydrogen-bond acceptors (Lipinski definition) is 1. The van der Waals surface area contributed by atoms with Gasteiger partial charge in [0, 0.05) is 6.16 Å². The van der Waals surface area contributed by atoms with Gasteiger partial charge in [-0.2, -0.15) is 0 Å². The summed E-state index contributed by atoms with van der Waals surface area (Å²) in [6.07, 6.45) is 2.29. The highest BCUT2D eigenvalue weighted by Crippen LogP contribution is 2.56. The molecule has 0 heterocycles. The second-order valence-electron chi connectivity index (χ2n) is 1.65. The maximum atomic E-state index is 10.5. The van der Waals surface area contributed by atoms with Gasteiger partial charge in [-0.3, -0.25) is 4.57 Å². The van der Waals surface area contributed by atoms with Gasteiger partial charge in [0.1, 0.15) is 0 Å². The Morgan fingerprint density at radius 2 is 2.00 bits per heavy atom. The highest BCUT2D eigenvalue weighted by atomic mass is 35.9. The van der Waals surface area contributed by atoms with Crippen LogP contribution in [0.3, 0.4) is 0 Å². The Kier molecular flexibility index (Phi) is 4.14. The van der Waals surface area contributed by atoms with Gasteiger partial charge in [0.25, 0.3) is 5.85 Å². The van der Waals surface area contributed by atoms with Crippen LogP contribution in [0.1, 0.15) is 19.8 Å². The summed E-state index contributed by atoms with van der Waals surface area (Å²) in [7, 11) is 0. The minimum Gasteiger partial charge on any atom is -0.289 e. The molecule has 0 aromatic heterocycles. The van der Waals surface area contributed by atoms with Crippen LogP contribution >= 0.6 is 28.3 Å². The van der Waals surface area contributed by atoms with Crippen molar-refractivity contribution in [1.82, 2.24) is 0 Å². The predicted molar refractivity (Wildman–Crippen MR) is 39.1 cm³/mol. The first-order chi connectivity index (χ1) is 3.56. The van der Waals surface area contributed by atoms with Crippen molar-refractivity contribution in [1.29, 1.82) is 0 Å². The first-order valence-corrected chi connectivity index (χ1v) is 6.25. The van der Waals surface area contributed by atoms with Crippen LogP contribution in [-0.4, -0.2) is 6.16 Å². The van der Waals surface area contributed by atoms with Crippen LogP contribution in [0, 0.1) is 0 Å².